The van der Waals surface area contributed by atoms with E-state index >= 15 is 0 Å². The summed E-state index contributed by atoms with van der Waals surface area (Å²) in [5.41, 5.74) is 2.41. The van der Waals surface area contributed by atoms with Gasteiger partial charge in [-0.3, -0.25) is 0 Å². The second kappa shape index (κ2) is 3.26. The first-order valence-corrected chi connectivity index (χ1v) is 4.25. The van der Waals surface area contributed by atoms with Crippen LogP contribution in [-0.4, -0.2) is 7.11 Å². The van der Waals surface area contributed by atoms with Gasteiger partial charge in [0.25, 0.3) is 0 Å². The van der Waals surface area contributed by atoms with Crippen LogP contribution in [0.2, 0.25) is 0 Å². The molecule has 0 aliphatic rings. The molecule has 0 aliphatic carbocycles. The highest BCUT2D eigenvalue weighted by molar-refractivity contribution is 9.10. The lowest BCUT2D eigenvalue weighted by Gasteiger charge is -2.07. The highest BCUT2D eigenvalue weighted by Crippen LogP contribution is 2.29. The fourth-order valence-electron chi connectivity index (χ4n) is 1.16. The van der Waals surface area contributed by atoms with Crippen LogP contribution in [0.5, 0.6) is 5.75 Å². The normalized spacial score (nSPS) is 9.82. The summed E-state index contributed by atoms with van der Waals surface area (Å²) < 4.78 is 6.21. The Morgan fingerprint density at radius 2 is 1.91 bits per heavy atom. The van der Waals surface area contributed by atoms with Gasteiger partial charge in [-0.05, 0) is 47.0 Å². The molecule has 2 heteroatoms. The number of aryl methyl sites for hydroxylation is 2. The minimum absolute atomic E-state index is 0.926. The van der Waals surface area contributed by atoms with Crippen molar-refractivity contribution in [1.29, 1.82) is 0 Å². The predicted molar refractivity (Wildman–Crippen MR) is 50.2 cm³/mol. The Morgan fingerprint density at radius 3 is 2.36 bits per heavy atom. The molecule has 0 aromatic heterocycles. The van der Waals surface area contributed by atoms with Crippen LogP contribution in [-0.2, 0) is 0 Å². The summed E-state index contributed by atoms with van der Waals surface area (Å²) in [6.45, 7) is 4.10. The molecule has 0 radical (unpaired) electrons. The first-order valence-electron chi connectivity index (χ1n) is 3.46. The molecule has 0 unspecified atom stereocenters. The lowest BCUT2D eigenvalue weighted by atomic mass is 10.1. The SMILES string of the molecule is COc1c(C)cc(C)cc1Br. The van der Waals surface area contributed by atoms with E-state index in [1.165, 1.54) is 11.1 Å². The molecule has 1 aromatic carbocycles. The van der Waals surface area contributed by atoms with E-state index in [4.69, 9.17) is 4.74 Å². The van der Waals surface area contributed by atoms with E-state index in [1.807, 2.05) is 13.0 Å². The molecule has 0 saturated heterocycles. The summed E-state index contributed by atoms with van der Waals surface area (Å²) in [5, 5.41) is 0. The number of benzene rings is 1. The van der Waals surface area contributed by atoms with Gasteiger partial charge in [0.1, 0.15) is 5.75 Å². The second-order valence-corrected chi connectivity index (χ2v) is 3.45. The maximum Gasteiger partial charge on any atom is 0.135 e. The van der Waals surface area contributed by atoms with Gasteiger partial charge in [-0.1, -0.05) is 6.07 Å². The van der Waals surface area contributed by atoms with Gasteiger partial charge >= 0.3 is 0 Å². The Hall–Kier alpha value is -0.500. The van der Waals surface area contributed by atoms with E-state index in [-0.39, 0.29) is 0 Å². The van der Waals surface area contributed by atoms with Crippen molar-refractivity contribution >= 4 is 15.9 Å². The van der Waals surface area contributed by atoms with Gasteiger partial charge in [-0.25, -0.2) is 0 Å². The van der Waals surface area contributed by atoms with E-state index < -0.39 is 0 Å². The molecular weight excluding hydrogens is 204 g/mol. The molecule has 0 N–H and O–H groups in total. The molecule has 0 amide bonds. The molecule has 0 saturated carbocycles. The minimum Gasteiger partial charge on any atom is -0.495 e. The summed E-state index contributed by atoms with van der Waals surface area (Å²) in [6, 6.07) is 4.15. The van der Waals surface area contributed by atoms with Crippen molar-refractivity contribution in [2.75, 3.05) is 7.11 Å². The van der Waals surface area contributed by atoms with Crippen molar-refractivity contribution in [3.05, 3.63) is 27.7 Å². The molecule has 0 atom stereocenters. The molecular formula is C9H11BrO. The summed E-state index contributed by atoms with van der Waals surface area (Å²) in [5.74, 6) is 0.926. The molecule has 0 aliphatic heterocycles. The Morgan fingerprint density at radius 1 is 1.27 bits per heavy atom. The summed E-state index contributed by atoms with van der Waals surface area (Å²) in [7, 11) is 1.68. The maximum atomic E-state index is 5.18. The van der Waals surface area contributed by atoms with Crippen molar-refractivity contribution in [3.8, 4) is 5.75 Å². The fraction of sp³-hybridized carbons (Fsp3) is 0.333. The average molecular weight is 215 g/mol. The number of hydrogen-bond donors (Lipinski definition) is 0. The summed E-state index contributed by atoms with van der Waals surface area (Å²) >= 11 is 3.43. The van der Waals surface area contributed by atoms with E-state index in [0.717, 1.165) is 10.2 Å². The maximum absolute atomic E-state index is 5.18. The second-order valence-electron chi connectivity index (χ2n) is 2.60. The lowest BCUT2D eigenvalue weighted by Crippen LogP contribution is -1.89. The van der Waals surface area contributed by atoms with E-state index in [2.05, 4.69) is 28.9 Å². The molecule has 0 fully saturated rings. The Bertz CT molecular complexity index is 245. The molecule has 0 spiro atoms. The number of methoxy groups -OCH3 is 1. The van der Waals surface area contributed by atoms with Crippen LogP contribution in [0.1, 0.15) is 11.1 Å². The third-order valence-corrected chi connectivity index (χ3v) is 2.17. The average Bonchev–Trinajstić information content (AvgIpc) is 1.85. The van der Waals surface area contributed by atoms with Gasteiger partial charge in [-0.2, -0.15) is 0 Å². The third kappa shape index (κ3) is 1.74. The van der Waals surface area contributed by atoms with Crippen LogP contribution in [0, 0.1) is 13.8 Å². The largest absolute Gasteiger partial charge is 0.495 e. The predicted octanol–water partition coefficient (Wildman–Crippen LogP) is 3.07. The van der Waals surface area contributed by atoms with Crippen LogP contribution >= 0.6 is 15.9 Å². The molecule has 0 heterocycles. The summed E-state index contributed by atoms with van der Waals surface area (Å²) in [6.07, 6.45) is 0. The van der Waals surface area contributed by atoms with Gasteiger partial charge in [0.05, 0.1) is 11.6 Å². The smallest absolute Gasteiger partial charge is 0.135 e. The highest BCUT2D eigenvalue weighted by atomic mass is 79.9. The zero-order valence-electron chi connectivity index (χ0n) is 6.94. The molecule has 60 valence electrons. The standard InChI is InChI=1S/C9H11BrO/c1-6-4-7(2)9(11-3)8(10)5-6/h4-5H,1-3H3. The number of ether oxygens (including phenoxy) is 1. The first-order chi connectivity index (χ1) is 5.15. The highest BCUT2D eigenvalue weighted by Gasteiger charge is 2.03. The number of rotatable bonds is 1. The zero-order valence-corrected chi connectivity index (χ0v) is 8.53. The zero-order chi connectivity index (χ0) is 8.43. The third-order valence-electron chi connectivity index (χ3n) is 1.58. The van der Waals surface area contributed by atoms with Crippen LogP contribution in [0.25, 0.3) is 0 Å². The van der Waals surface area contributed by atoms with Gasteiger partial charge < -0.3 is 4.74 Å². The van der Waals surface area contributed by atoms with Gasteiger partial charge in [0.15, 0.2) is 0 Å². The van der Waals surface area contributed by atoms with Gasteiger partial charge in [0.2, 0.25) is 0 Å². The Balaban J connectivity index is 3.25. The van der Waals surface area contributed by atoms with Crippen molar-refractivity contribution in [2.24, 2.45) is 0 Å². The van der Waals surface area contributed by atoms with Gasteiger partial charge in [-0.15, -0.1) is 0 Å². The molecule has 1 aromatic rings. The van der Waals surface area contributed by atoms with Crippen LogP contribution in [0.15, 0.2) is 16.6 Å². The van der Waals surface area contributed by atoms with Crippen LogP contribution < -0.4 is 4.74 Å². The molecule has 11 heavy (non-hydrogen) atoms. The van der Waals surface area contributed by atoms with Crippen molar-refractivity contribution in [1.82, 2.24) is 0 Å². The lowest BCUT2D eigenvalue weighted by molar-refractivity contribution is 0.409. The van der Waals surface area contributed by atoms with E-state index in [9.17, 15) is 0 Å². The van der Waals surface area contributed by atoms with Crippen molar-refractivity contribution in [3.63, 3.8) is 0 Å². The quantitative estimate of drug-likeness (QED) is 0.699. The van der Waals surface area contributed by atoms with Crippen molar-refractivity contribution in [2.45, 2.75) is 13.8 Å². The number of hydrogen-bond acceptors (Lipinski definition) is 1. The molecule has 0 bridgehead atoms. The van der Waals surface area contributed by atoms with E-state index in [0.29, 0.717) is 0 Å². The minimum atomic E-state index is 0.926. The molecule has 1 nitrogen and oxygen atoms in total. The fourth-order valence-corrected chi connectivity index (χ4v) is 2.00. The molecule has 1 rings (SSSR count). The first kappa shape index (κ1) is 8.60. The van der Waals surface area contributed by atoms with Crippen LogP contribution in [0.4, 0.5) is 0 Å². The van der Waals surface area contributed by atoms with Crippen molar-refractivity contribution < 1.29 is 4.74 Å². The topological polar surface area (TPSA) is 9.23 Å². The summed E-state index contributed by atoms with van der Waals surface area (Å²) in [4.78, 5) is 0. The Labute approximate surface area is 75.5 Å². The van der Waals surface area contributed by atoms with E-state index in [1.54, 1.807) is 7.11 Å². The monoisotopic (exact) mass is 214 g/mol. The number of halogens is 1. The Kier molecular flexibility index (Phi) is 2.55. The van der Waals surface area contributed by atoms with Crippen LogP contribution in [0.3, 0.4) is 0 Å². The van der Waals surface area contributed by atoms with Gasteiger partial charge in [0, 0.05) is 0 Å².